The van der Waals surface area contributed by atoms with Crippen molar-refractivity contribution in [2.24, 2.45) is 11.8 Å². The molecular weight excluding hydrogens is 350 g/mol. The molecule has 2 unspecified atom stereocenters. The number of rotatable bonds is 5. The van der Waals surface area contributed by atoms with Crippen LogP contribution < -0.4 is 10.6 Å². The SMILES string of the molecule is O=C(NCc1ccccc1Cl)C1CC1C(=O)Nc1c(F)cccc1F. The molecule has 1 aliphatic rings. The minimum atomic E-state index is -0.853. The molecule has 0 radical (unpaired) electrons. The first-order chi connectivity index (χ1) is 12.0. The molecule has 2 amide bonds. The molecule has 0 heterocycles. The molecule has 2 N–H and O–H groups in total. The minimum absolute atomic E-state index is 0.255. The van der Waals surface area contributed by atoms with Crippen molar-refractivity contribution in [3.05, 3.63) is 64.7 Å². The fraction of sp³-hybridized carbons (Fsp3) is 0.222. The van der Waals surface area contributed by atoms with Gasteiger partial charge in [-0.3, -0.25) is 9.59 Å². The summed E-state index contributed by atoms with van der Waals surface area (Å²) in [4.78, 5) is 24.2. The molecule has 0 spiro atoms. The Hall–Kier alpha value is -2.47. The normalized spacial score (nSPS) is 18.5. The van der Waals surface area contributed by atoms with E-state index in [2.05, 4.69) is 10.6 Å². The number of halogens is 3. The number of carbonyl (C=O) groups excluding carboxylic acids is 2. The van der Waals surface area contributed by atoms with Crippen molar-refractivity contribution in [1.82, 2.24) is 5.32 Å². The van der Waals surface area contributed by atoms with Gasteiger partial charge in [0, 0.05) is 11.6 Å². The van der Waals surface area contributed by atoms with E-state index in [0.29, 0.717) is 11.4 Å². The second-order valence-electron chi connectivity index (χ2n) is 5.84. The first kappa shape index (κ1) is 17.4. The predicted octanol–water partition coefficient (Wildman–Crippen LogP) is 3.51. The maximum absolute atomic E-state index is 13.6. The summed E-state index contributed by atoms with van der Waals surface area (Å²) in [5.74, 6) is -3.65. The first-order valence-electron chi connectivity index (χ1n) is 7.73. The highest BCUT2D eigenvalue weighted by molar-refractivity contribution is 6.31. The van der Waals surface area contributed by atoms with Crippen molar-refractivity contribution in [2.45, 2.75) is 13.0 Å². The van der Waals surface area contributed by atoms with E-state index in [4.69, 9.17) is 11.6 Å². The van der Waals surface area contributed by atoms with Gasteiger partial charge in [0.1, 0.15) is 17.3 Å². The molecule has 2 atom stereocenters. The number of amides is 2. The van der Waals surface area contributed by atoms with Gasteiger partial charge < -0.3 is 10.6 Å². The fourth-order valence-corrected chi connectivity index (χ4v) is 2.77. The second kappa shape index (κ2) is 7.19. The van der Waals surface area contributed by atoms with Crippen LogP contribution in [0, 0.1) is 23.5 Å². The molecule has 0 saturated heterocycles. The Bertz CT molecular complexity index is 808. The van der Waals surface area contributed by atoms with Crippen LogP contribution in [0.2, 0.25) is 5.02 Å². The molecule has 4 nitrogen and oxygen atoms in total. The molecule has 1 aliphatic carbocycles. The topological polar surface area (TPSA) is 58.2 Å². The number of hydrogen-bond acceptors (Lipinski definition) is 2. The molecule has 130 valence electrons. The molecule has 2 aromatic rings. The van der Waals surface area contributed by atoms with Crippen LogP contribution in [-0.2, 0) is 16.1 Å². The first-order valence-corrected chi connectivity index (χ1v) is 8.11. The average molecular weight is 365 g/mol. The summed E-state index contributed by atoms with van der Waals surface area (Å²) >= 11 is 6.02. The minimum Gasteiger partial charge on any atom is -0.352 e. The van der Waals surface area contributed by atoms with Gasteiger partial charge in [-0.25, -0.2) is 8.78 Å². The Morgan fingerprint density at radius 1 is 1.00 bits per heavy atom. The molecule has 25 heavy (non-hydrogen) atoms. The molecular formula is C18H15ClF2N2O2. The highest BCUT2D eigenvalue weighted by Crippen LogP contribution is 2.40. The van der Waals surface area contributed by atoms with Crippen molar-refractivity contribution >= 4 is 29.1 Å². The van der Waals surface area contributed by atoms with Gasteiger partial charge in [-0.1, -0.05) is 35.9 Å². The maximum atomic E-state index is 13.6. The highest BCUT2D eigenvalue weighted by Gasteiger charge is 2.48. The van der Waals surface area contributed by atoms with E-state index in [9.17, 15) is 18.4 Å². The number of hydrogen-bond donors (Lipinski definition) is 2. The van der Waals surface area contributed by atoms with Gasteiger partial charge in [0.2, 0.25) is 11.8 Å². The van der Waals surface area contributed by atoms with Crippen LogP contribution in [0.15, 0.2) is 42.5 Å². The summed E-state index contributed by atoms with van der Waals surface area (Å²) in [5, 5.41) is 5.48. The number of carbonyl (C=O) groups is 2. The molecule has 3 rings (SSSR count). The van der Waals surface area contributed by atoms with Gasteiger partial charge in [-0.05, 0) is 30.2 Å². The summed E-state index contributed by atoms with van der Waals surface area (Å²) < 4.78 is 27.1. The standard InChI is InChI=1S/C18H15ClF2N2O2/c19-13-5-2-1-4-10(13)9-22-17(24)11-8-12(11)18(25)23-16-14(20)6-3-7-15(16)21/h1-7,11-12H,8-9H2,(H,22,24)(H,23,25). The third-order valence-corrected chi connectivity index (χ3v) is 4.45. The Morgan fingerprint density at radius 2 is 1.64 bits per heavy atom. The van der Waals surface area contributed by atoms with Crippen molar-refractivity contribution in [3.8, 4) is 0 Å². The lowest BCUT2D eigenvalue weighted by molar-refractivity contribution is -0.125. The Morgan fingerprint density at radius 3 is 2.32 bits per heavy atom. The molecule has 7 heteroatoms. The number of anilines is 1. The number of benzene rings is 2. The Kier molecular flexibility index (Phi) is 4.99. The van der Waals surface area contributed by atoms with Crippen LogP contribution in [0.4, 0.5) is 14.5 Å². The van der Waals surface area contributed by atoms with Gasteiger partial charge in [0.05, 0.1) is 11.8 Å². The van der Waals surface area contributed by atoms with E-state index in [0.717, 1.165) is 17.7 Å². The summed E-state index contributed by atoms with van der Waals surface area (Å²) in [7, 11) is 0. The zero-order valence-electron chi connectivity index (χ0n) is 13.1. The lowest BCUT2D eigenvalue weighted by Gasteiger charge is -2.08. The predicted molar refractivity (Wildman–Crippen MR) is 89.9 cm³/mol. The molecule has 1 saturated carbocycles. The second-order valence-corrected chi connectivity index (χ2v) is 6.25. The van der Waals surface area contributed by atoms with Crippen LogP contribution in [0.25, 0.3) is 0 Å². The lowest BCUT2D eigenvalue weighted by atomic mass is 10.2. The molecule has 0 aromatic heterocycles. The molecule has 0 aliphatic heterocycles. The van der Waals surface area contributed by atoms with Crippen molar-refractivity contribution in [1.29, 1.82) is 0 Å². The number of nitrogens with one attached hydrogen (secondary N) is 2. The van der Waals surface area contributed by atoms with Crippen LogP contribution in [0.5, 0.6) is 0 Å². The summed E-state index contributed by atoms with van der Waals surface area (Å²) in [6.45, 7) is 0.255. The maximum Gasteiger partial charge on any atom is 0.228 e. The highest BCUT2D eigenvalue weighted by atomic mass is 35.5. The van der Waals surface area contributed by atoms with Gasteiger partial charge in [-0.2, -0.15) is 0 Å². The van der Waals surface area contributed by atoms with Gasteiger partial charge in [-0.15, -0.1) is 0 Å². The van der Waals surface area contributed by atoms with E-state index in [1.807, 2.05) is 6.07 Å². The average Bonchev–Trinajstić information content (AvgIpc) is 3.38. The van der Waals surface area contributed by atoms with E-state index in [1.165, 1.54) is 6.07 Å². The lowest BCUT2D eigenvalue weighted by Crippen LogP contribution is -2.27. The van der Waals surface area contributed by atoms with E-state index in [1.54, 1.807) is 18.2 Å². The zero-order valence-corrected chi connectivity index (χ0v) is 13.8. The molecule has 0 bridgehead atoms. The van der Waals surface area contributed by atoms with Gasteiger partial charge >= 0.3 is 0 Å². The zero-order chi connectivity index (χ0) is 18.0. The Labute approximate surface area is 148 Å². The van der Waals surface area contributed by atoms with Crippen LogP contribution in [0.1, 0.15) is 12.0 Å². The molecule has 2 aromatic carbocycles. The summed E-state index contributed by atoms with van der Waals surface area (Å²) in [5.41, 5.74) is 0.280. The van der Waals surface area contributed by atoms with Crippen molar-refractivity contribution < 1.29 is 18.4 Å². The van der Waals surface area contributed by atoms with Crippen molar-refractivity contribution in [2.75, 3.05) is 5.32 Å². The third-order valence-electron chi connectivity index (χ3n) is 4.09. The summed E-state index contributed by atoms with van der Waals surface area (Å²) in [6.07, 6.45) is 0.344. The van der Waals surface area contributed by atoms with E-state index in [-0.39, 0.29) is 12.5 Å². The van der Waals surface area contributed by atoms with Crippen molar-refractivity contribution in [3.63, 3.8) is 0 Å². The third kappa shape index (κ3) is 3.96. The van der Waals surface area contributed by atoms with Crippen LogP contribution in [0.3, 0.4) is 0 Å². The number of para-hydroxylation sites is 1. The van der Waals surface area contributed by atoms with E-state index >= 15 is 0 Å². The van der Waals surface area contributed by atoms with Gasteiger partial charge in [0.25, 0.3) is 0 Å². The summed E-state index contributed by atoms with van der Waals surface area (Å²) in [6, 6.07) is 10.4. The molecule has 1 fully saturated rings. The monoisotopic (exact) mass is 364 g/mol. The fourth-order valence-electron chi connectivity index (χ4n) is 2.56. The smallest absolute Gasteiger partial charge is 0.228 e. The van der Waals surface area contributed by atoms with Gasteiger partial charge in [0.15, 0.2) is 0 Å². The van der Waals surface area contributed by atoms with E-state index < -0.39 is 35.1 Å². The quantitative estimate of drug-likeness (QED) is 0.853. The Balaban J connectivity index is 1.54. The van der Waals surface area contributed by atoms with Crippen LogP contribution >= 0.6 is 11.6 Å². The largest absolute Gasteiger partial charge is 0.352 e. The van der Waals surface area contributed by atoms with Crippen LogP contribution in [-0.4, -0.2) is 11.8 Å².